The molecule has 0 bridgehead atoms. The zero-order chi connectivity index (χ0) is 13.3. The molecule has 1 heterocycles. The van der Waals surface area contributed by atoms with Gasteiger partial charge >= 0.3 is 0 Å². The number of ether oxygens (including phenoxy) is 1. The van der Waals surface area contributed by atoms with Gasteiger partial charge in [-0.1, -0.05) is 6.92 Å². The van der Waals surface area contributed by atoms with Crippen molar-refractivity contribution in [2.24, 2.45) is 0 Å². The third-order valence-electron chi connectivity index (χ3n) is 3.03. The van der Waals surface area contributed by atoms with Crippen LogP contribution in [-0.2, 0) is 6.42 Å². The Morgan fingerprint density at radius 3 is 2.67 bits per heavy atom. The molecule has 18 heavy (non-hydrogen) atoms. The Morgan fingerprint density at radius 1 is 1.33 bits per heavy atom. The van der Waals surface area contributed by atoms with Crippen LogP contribution in [-0.4, -0.2) is 11.1 Å². The van der Waals surface area contributed by atoms with Gasteiger partial charge in [-0.05, 0) is 51.0 Å². The van der Waals surface area contributed by atoms with E-state index >= 15 is 0 Å². The average Bonchev–Trinajstić information content (AvgIpc) is 2.30. The van der Waals surface area contributed by atoms with E-state index in [1.54, 1.807) is 0 Å². The van der Waals surface area contributed by atoms with E-state index in [0.29, 0.717) is 0 Å². The summed E-state index contributed by atoms with van der Waals surface area (Å²) in [5, 5.41) is 0.982. The zero-order valence-electron chi connectivity index (χ0n) is 11.4. The van der Waals surface area contributed by atoms with Crippen LogP contribution in [0.25, 0.3) is 10.9 Å². The van der Waals surface area contributed by atoms with E-state index in [4.69, 9.17) is 10.5 Å². The molecular weight excluding hydrogens is 224 g/mol. The summed E-state index contributed by atoms with van der Waals surface area (Å²) >= 11 is 0. The molecule has 2 N–H and O–H groups in total. The number of aryl methyl sites for hydroxylation is 1. The lowest BCUT2D eigenvalue weighted by molar-refractivity contribution is 0.243. The molecule has 0 fully saturated rings. The SMILES string of the molecule is CCc1c(C)nc2ccc(OC(C)C)cc2c1N. The molecule has 0 saturated carbocycles. The quantitative estimate of drug-likeness (QED) is 0.899. The molecule has 0 radical (unpaired) electrons. The summed E-state index contributed by atoms with van der Waals surface area (Å²) in [4.78, 5) is 4.59. The predicted molar refractivity (Wildman–Crippen MR) is 76.0 cm³/mol. The van der Waals surface area contributed by atoms with Crippen molar-refractivity contribution in [2.45, 2.75) is 40.2 Å². The van der Waals surface area contributed by atoms with Gasteiger partial charge in [0, 0.05) is 16.8 Å². The monoisotopic (exact) mass is 244 g/mol. The van der Waals surface area contributed by atoms with Crippen LogP contribution in [0.15, 0.2) is 18.2 Å². The summed E-state index contributed by atoms with van der Waals surface area (Å²) in [6, 6.07) is 5.89. The lowest BCUT2D eigenvalue weighted by Crippen LogP contribution is -2.06. The summed E-state index contributed by atoms with van der Waals surface area (Å²) in [7, 11) is 0. The molecule has 0 atom stereocenters. The van der Waals surface area contributed by atoms with Gasteiger partial charge in [0.15, 0.2) is 0 Å². The highest BCUT2D eigenvalue weighted by Gasteiger charge is 2.10. The van der Waals surface area contributed by atoms with Crippen molar-refractivity contribution in [1.29, 1.82) is 0 Å². The number of aromatic nitrogens is 1. The second kappa shape index (κ2) is 4.84. The highest BCUT2D eigenvalue weighted by Crippen LogP contribution is 2.29. The van der Waals surface area contributed by atoms with Gasteiger partial charge in [0.25, 0.3) is 0 Å². The van der Waals surface area contributed by atoms with Crippen LogP contribution < -0.4 is 10.5 Å². The van der Waals surface area contributed by atoms with E-state index in [1.807, 2.05) is 39.0 Å². The maximum atomic E-state index is 6.23. The minimum absolute atomic E-state index is 0.160. The summed E-state index contributed by atoms with van der Waals surface area (Å²) in [6.07, 6.45) is 1.06. The van der Waals surface area contributed by atoms with Crippen molar-refractivity contribution < 1.29 is 4.74 Å². The Morgan fingerprint density at radius 2 is 2.06 bits per heavy atom. The molecular formula is C15H20N2O. The van der Waals surface area contributed by atoms with E-state index in [1.165, 1.54) is 0 Å². The van der Waals surface area contributed by atoms with Crippen LogP contribution in [0.4, 0.5) is 5.69 Å². The van der Waals surface area contributed by atoms with Crippen LogP contribution in [0.1, 0.15) is 32.0 Å². The summed E-state index contributed by atoms with van der Waals surface area (Å²) in [5.74, 6) is 0.844. The molecule has 0 aliphatic carbocycles. The Balaban J connectivity index is 2.61. The third kappa shape index (κ3) is 2.26. The lowest BCUT2D eigenvalue weighted by Gasteiger charge is -2.13. The summed E-state index contributed by atoms with van der Waals surface area (Å²) in [5.41, 5.74) is 10.1. The number of hydrogen-bond donors (Lipinski definition) is 1. The Labute approximate surface area is 108 Å². The molecule has 0 aliphatic heterocycles. The number of rotatable bonds is 3. The van der Waals surface area contributed by atoms with E-state index in [-0.39, 0.29) is 6.10 Å². The number of nitrogens with zero attached hydrogens (tertiary/aromatic N) is 1. The maximum absolute atomic E-state index is 6.23. The van der Waals surface area contributed by atoms with Gasteiger partial charge in [0.1, 0.15) is 5.75 Å². The third-order valence-corrected chi connectivity index (χ3v) is 3.03. The number of fused-ring (bicyclic) bond motifs is 1. The van der Waals surface area contributed by atoms with Gasteiger partial charge in [0.2, 0.25) is 0 Å². The smallest absolute Gasteiger partial charge is 0.120 e. The molecule has 0 unspecified atom stereocenters. The Hall–Kier alpha value is -1.77. The van der Waals surface area contributed by atoms with Crippen molar-refractivity contribution >= 4 is 16.6 Å². The normalized spacial score (nSPS) is 11.2. The fourth-order valence-corrected chi connectivity index (χ4v) is 2.23. The van der Waals surface area contributed by atoms with Crippen molar-refractivity contribution in [1.82, 2.24) is 4.98 Å². The highest BCUT2D eigenvalue weighted by molar-refractivity contribution is 5.93. The van der Waals surface area contributed by atoms with Crippen LogP contribution in [0, 0.1) is 6.92 Å². The first-order valence-electron chi connectivity index (χ1n) is 6.38. The Kier molecular flexibility index (Phi) is 3.41. The molecule has 0 saturated heterocycles. The number of pyridine rings is 1. The first-order chi connectivity index (χ1) is 8.52. The summed E-state index contributed by atoms with van der Waals surface area (Å²) < 4.78 is 5.70. The fourth-order valence-electron chi connectivity index (χ4n) is 2.23. The predicted octanol–water partition coefficient (Wildman–Crippen LogP) is 3.48. The van der Waals surface area contributed by atoms with Crippen LogP contribution >= 0.6 is 0 Å². The second-order valence-electron chi connectivity index (χ2n) is 4.79. The highest BCUT2D eigenvalue weighted by atomic mass is 16.5. The van der Waals surface area contributed by atoms with Gasteiger partial charge in [-0.2, -0.15) is 0 Å². The van der Waals surface area contributed by atoms with E-state index in [0.717, 1.165) is 40.0 Å². The molecule has 1 aromatic carbocycles. The average molecular weight is 244 g/mol. The molecule has 96 valence electrons. The molecule has 1 aromatic heterocycles. The van der Waals surface area contributed by atoms with E-state index in [9.17, 15) is 0 Å². The van der Waals surface area contributed by atoms with Crippen molar-refractivity contribution in [2.75, 3.05) is 5.73 Å². The van der Waals surface area contributed by atoms with Crippen LogP contribution in [0.5, 0.6) is 5.75 Å². The number of nitrogen functional groups attached to an aromatic ring is 1. The lowest BCUT2D eigenvalue weighted by atomic mass is 10.0. The number of anilines is 1. The van der Waals surface area contributed by atoms with Crippen LogP contribution in [0.2, 0.25) is 0 Å². The number of nitrogens with two attached hydrogens (primary N) is 1. The van der Waals surface area contributed by atoms with Gasteiger partial charge in [-0.25, -0.2) is 0 Å². The van der Waals surface area contributed by atoms with Crippen molar-refractivity contribution in [3.8, 4) is 5.75 Å². The van der Waals surface area contributed by atoms with Gasteiger partial charge in [0.05, 0.1) is 11.6 Å². The summed E-state index contributed by atoms with van der Waals surface area (Å²) in [6.45, 7) is 8.13. The minimum atomic E-state index is 0.160. The van der Waals surface area contributed by atoms with Gasteiger partial charge in [-0.3, -0.25) is 4.98 Å². The van der Waals surface area contributed by atoms with Crippen molar-refractivity contribution in [3.63, 3.8) is 0 Å². The topological polar surface area (TPSA) is 48.1 Å². The number of hydrogen-bond acceptors (Lipinski definition) is 3. The molecule has 3 nitrogen and oxygen atoms in total. The van der Waals surface area contributed by atoms with E-state index < -0.39 is 0 Å². The first kappa shape index (κ1) is 12.7. The molecule has 3 heteroatoms. The molecule has 2 aromatic rings. The zero-order valence-corrected chi connectivity index (χ0v) is 11.4. The fraction of sp³-hybridized carbons (Fsp3) is 0.400. The molecule has 0 aliphatic rings. The molecule has 0 amide bonds. The van der Waals surface area contributed by atoms with Crippen LogP contribution in [0.3, 0.4) is 0 Å². The molecule has 0 spiro atoms. The van der Waals surface area contributed by atoms with Gasteiger partial charge < -0.3 is 10.5 Å². The minimum Gasteiger partial charge on any atom is -0.491 e. The molecule has 2 rings (SSSR count). The Bertz CT molecular complexity index is 576. The van der Waals surface area contributed by atoms with Gasteiger partial charge in [-0.15, -0.1) is 0 Å². The van der Waals surface area contributed by atoms with Crippen molar-refractivity contribution in [3.05, 3.63) is 29.5 Å². The second-order valence-corrected chi connectivity index (χ2v) is 4.79. The van der Waals surface area contributed by atoms with E-state index in [2.05, 4.69) is 11.9 Å². The maximum Gasteiger partial charge on any atom is 0.120 e. The first-order valence-corrected chi connectivity index (χ1v) is 6.38. The largest absolute Gasteiger partial charge is 0.491 e. The number of benzene rings is 1. The standard InChI is InChI=1S/C15H20N2O/c1-5-12-10(4)17-14-7-6-11(18-9(2)3)8-13(14)15(12)16/h6-9H,5H2,1-4H3,(H2,16,17).